The van der Waals surface area contributed by atoms with Crippen molar-refractivity contribution in [3.8, 4) is 5.69 Å². The third-order valence-corrected chi connectivity index (χ3v) is 3.98. The Kier molecular flexibility index (Phi) is 6.07. The first kappa shape index (κ1) is 18.8. The van der Waals surface area contributed by atoms with Crippen LogP contribution in [-0.4, -0.2) is 51.5 Å². The minimum atomic E-state index is -0.474. The first-order chi connectivity index (χ1) is 11.5. The van der Waals surface area contributed by atoms with E-state index in [0.29, 0.717) is 25.3 Å². The molecule has 0 spiro atoms. The Balaban J connectivity index is 0.00000225. The molecular weight excluding hydrogens is 350 g/mol. The molecular formula is C15H18ClN5O4. The average Bonchev–Trinajstić information content (AvgIpc) is 3.22. The summed E-state index contributed by atoms with van der Waals surface area (Å²) in [6.07, 6.45) is 1.16. The Labute approximate surface area is 149 Å². The lowest BCUT2D eigenvalue weighted by atomic mass is 10.1. The van der Waals surface area contributed by atoms with Crippen LogP contribution in [0.15, 0.2) is 36.5 Å². The van der Waals surface area contributed by atoms with Gasteiger partial charge in [0.1, 0.15) is 0 Å². The molecule has 0 saturated carbocycles. The number of aliphatic hydroxyl groups is 1. The predicted molar refractivity (Wildman–Crippen MR) is 92.2 cm³/mol. The molecule has 1 aliphatic rings. The summed E-state index contributed by atoms with van der Waals surface area (Å²) in [6, 6.07) is 7.46. The van der Waals surface area contributed by atoms with Crippen LogP contribution in [0.2, 0.25) is 0 Å². The molecule has 3 N–H and O–H groups in total. The van der Waals surface area contributed by atoms with Crippen LogP contribution in [0, 0.1) is 16.0 Å². The van der Waals surface area contributed by atoms with Gasteiger partial charge in [-0.05, 0) is 18.2 Å². The summed E-state index contributed by atoms with van der Waals surface area (Å²) in [7, 11) is 0. The van der Waals surface area contributed by atoms with Gasteiger partial charge in [0, 0.05) is 43.9 Å². The Morgan fingerprint density at radius 3 is 2.68 bits per heavy atom. The molecule has 134 valence electrons. The number of carbonyl (C=O) groups excluding carboxylic acids is 1. The molecule has 1 saturated heterocycles. The summed E-state index contributed by atoms with van der Waals surface area (Å²) in [4.78, 5) is 22.3. The van der Waals surface area contributed by atoms with E-state index in [1.165, 1.54) is 16.8 Å². The van der Waals surface area contributed by atoms with Gasteiger partial charge in [0.05, 0.1) is 16.7 Å². The number of carbonyl (C=O) groups is 1. The molecule has 10 heteroatoms. The Morgan fingerprint density at radius 1 is 1.36 bits per heavy atom. The number of hydrogen-bond donors (Lipinski definition) is 3. The van der Waals surface area contributed by atoms with Crippen molar-refractivity contribution in [1.82, 2.24) is 20.4 Å². The quantitative estimate of drug-likeness (QED) is 0.523. The number of halogens is 1. The molecule has 25 heavy (non-hydrogen) atoms. The largest absolute Gasteiger partial charge is 0.391 e. The number of amides is 1. The summed E-state index contributed by atoms with van der Waals surface area (Å²) >= 11 is 0. The zero-order valence-electron chi connectivity index (χ0n) is 13.2. The molecule has 2 unspecified atom stereocenters. The molecule has 0 bridgehead atoms. The van der Waals surface area contributed by atoms with E-state index >= 15 is 0 Å². The number of hydrogen-bond acceptors (Lipinski definition) is 6. The number of aliphatic hydroxyl groups excluding tert-OH is 1. The molecule has 1 aromatic heterocycles. The molecule has 2 aromatic rings. The third kappa shape index (κ3) is 4.32. The molecule has 3 rings (SSSR count). The van der Waals surface area contributed by atoms with Crippen molar-refractivity contribution in [1.29, 1.82) is 0 Å². The van der Waals surface area contributed by atoms with E-state index in [9.17, 15) is 20.0 Å². The minimum absolute atomic E-state index is 0. The Bertz CT molecular complexity index is 749. The van der Waals surface area contributed by atoms with Crippen LogP contribution in [0.25, 0.3) is 5.69 Å². The van der Waals surface area contributed by atoms with Gasteiger partial charge in [-0.15, -0.1) is 12.4 Å². The van der Waals surface area contributed by atoms with Crippen LogP contribution in [0.3, 0.4) is 0 Å². The maximum Gasteiger partial charge on any atom is 0.271 e. The molecule has 0 aliphatic carbocycles. The topological polar surface area (TPSA) is 122 Å². The first-order valence-electron chi connectivity index (χ1n) is 7.52. The highest BCUT2D eigenvalue weighted by molar-refractivity contribution is 5.92. The second kappa shape index (κ2) is 8.06. The van der Waals surface area contributed by atoms with E-state index in [2.05, 4.69) is 15.7 Å². The number of nitro groups is 1. The van der Waals surface area contributed by atoms with Crippen molar-refractivity contribution in [3.63, 3.8) is 0 Å². The number of rotatable bonds is 5. The maximum atomic E-state index is 12.1. The van der Waals surface area contributed by atoms with E-state index in [1.54, 1.807) is 24.4 Å². The molecule has 2 heterocycles. The van der Waals surface area contributed by atoms with E-state index in [-0.39, 0.29) is 35.6 Å². The molecule has 0 radical (unpaired) electrons. The zero-order chi connectivity index (χ0) is 17.1. The molecule has 1 fully saturated rings. The van der Waals surface area contributed by atoms with Crippen LogP contribution in [0.5, 0.6) is 0 Å². The predicted octanol–water partition coefficient (Wildman–Crippen LogP) is 0.512. The smallest absolute Gasteiger partial charge is 0.271 e. The summed E-state index contributed by atoms with van der Waals surface area (Å²) in [5.74, 6) is -0.333. The highest BCUT2D eigenvalue weighted by Crippen LogP contribution is 2.15. The average molecular weight is 368 g/mol. The van der Waals surface area contributed by atoms with Crippen molar-refractivity contribution in [2.24, 2.45) is 5.92 Å². The second-order valence-corrected chi connectivity index (χ2v) is 5.61. The zero-order valence-corrected chi connectivity index (χ0v) is 14.0. The standard InChI is InChI=1S/C15H17N5O4.ClH/c21-14-9-16-7-10(14)8-17-15(22)13-5-6-19(18-13)11-1-3-12(4-2-11)20(23)24;/h1-6,10,14,16,21H,7-9H2,(H,17,22);1H. The summed E-state index contributed by atoms with van der Waals surface area (Å²) in [6.45, 7) is 1.57. The second-order valence-electron chi connectivity index (χ2n) is 5.61. The Hall–Kier alpha value is -2.49. The lowest BCUT2D eigenvalue weighted by Crippen LogP contribution is -2.34. The number of nitrogens with one attached hydrogen (secondary N) is 2. The fourth-order valence-corrected chi connectivity index (χ4v) is 2.56. The van der Waals surface area contributed by atoms with Crippen LogP contribution in [-0.2, 0) is 0 Å². The van der Waals surface area contributed by atoms with Gasteiger partial charge in [0.15, 0.2) is 5.69 Å². The summed E-state index contributed by atoms with van der Waals surface area (Å²) < 4.78 is 1.48. The molecule has 1 aromatic carbocycles. The van der Waals surface area contributed by atoms with Crippen LogP contribution < -0.4 is 10.6 Å². The third-order valence-electron chi connectivity index (χ3n) is 3.98. The van der Waals surface area contributed by atoms with Crippen molar-refractivity contribution >= 4 is 24.0 Å². The minimum Gasteiger partial charge on any atom is -0.391 e. The fraction of sp³-hybridized carbons (Fsp3) is 0.333. The van der Waals surface area contributed by atoms with Gasteiger partial charge in [0.2, 0.25) is 0 Å². The highest BCUT2D eigenvalue weighted by atomic mass is 35.5. The van der Waals surface area contributed by atoms with Crippen molar-refractivity contribution in [2.45, 2.75) is 6.10 Å². The fourth-order valence-electron chi connectivity index (χ4n) is 2.56. The van der Waals surface area contributed by atoms with E-state index in [4.69, 9.17) is 0 Å². The number of nitro benzene ring substituents is 1. The molecule has 9 nitrogen and oxygen atoms in total. The first-order valence-corrected chi connectivity index (χ1v) is 7.52. The van der Waals surface area contributed by atoms with Gasteiger partial charge in [-0.3, -0.25) is 14.9 Å². The number of benzene rings is 1. The monoisotopic (exact) mass is 367 g/mol. The maximum absolute atomic E-state index is 12.1. The van der Waals surface area contributed by atoms with Gasteiger partial charge < -0.3 is 15.7 Å². The van der Waals surface area contributed by atoms with Crippen molar-refractivity contribution in [3.05, 3.63) is 52.3 Å². The van der Waals surface area contributed by atoms with Gasteiger partial charge in [-0.25, -0.2) is 4.68 Å². The van der Waals surface area contributed by atoms with E-state index in [0.717, 1.165) is 0 Å². The van der Waals surface area contributed by atoms with Gasteiger partial charge in [-0.1, -0.05) is 0 Å². The number of nitrogens with zero attached hydrogens (tertiary/aromatic N) is 3. The lowest BCUT2D eigenvalue weighted by molar-refractivity contribution is -0.384. The van der Waals surface area contributed by atoms with Crippen LogP contribution in [0.4, 0.5) is 5.69 Å². The van der Waals surface area contributed by atoms with Gasteiger partial charge >= 0.3 is 0 Å². The SMILES string of the molecule is Cl.O=C(NCC1CNCC1O)c1ccn(-c2ccc([N+](=O)[O-])cc2)n1. The van der Waals surface area contributed by atoms with Crippen LogP contribution in [0.1, 0.15) is 10.5 Å². The Morgan fingerprint density at radius 2 is 2.08 bits per heavy atom. The van der Waals surface area contributed by atoms with Crippen molar-refractivity contribution < 1.29 is 14.8 Å². The van der Waals surface area contributed by atoms with Gasteiger partial charge in [0.25, 0.3) is 11.6 Å². The lowest BCUT2D eigenvalue weighted by Gasteiger charge is -2.13. The van der Waals surface area contributed by atoms with Gasteiger partial charge in [-0.2, -0.15) is 5.10 Å². The number of aromatic nitrogens is 2. The highest BCUT2D eigenvalue weighted by Gasteiger charge is 2.25. The molecule has 1 amide bonds. The van der Waals surface area contributed by atoms with Crippen LogP contribution >= 0.6 is 12.4 Å². The summed E-state index contributed by atoms with van der Waals surface area (Å²) in [5, 5.41) is 30.3. The molecule has 2 atom stereocenters. The number of non-ortho nitro benzene ring substituents is 1. The van der Waals surface area contributed by atoms with Crippen molar-refractivity contribution in [2.75, 3.05) is 19.6 Å². The number of β-amino-alcohol motifs (C(OH)–C–C–N with tert-alkyl or cyclic N) is 1. The summed E-state index contributed by atoms with van der Waals surface area (Å²) in [5.41, 5.74) is 0.858. The van der Waals surface area contributed by atoms with E-state index < -0.39 is 11.0 Å². The molecule has 1 aliphatic heterocycles. The van der Waals surface area contributed by atoms with E-state index in [1.807, 2.05) is 0 Å². The normalized spacial score (nSPS) is 19.2.